The van der Waals surface area contributed by atoms with Crippen LogP contribution in [0.3, 0.4) is 0 Å². The predicted octanol–water partition coefficient (Wildman–Crippen LogP) is 2.50. The number of H-pyrrole nitrogens is 1. The van der Waals surface area contributed by atoms with E-state index in [4.69, 9.17) is 4.74 Å². The average molecular weight is 325 g/mol. The normalized spacial score (nSPS) is 21.0. The zero-order chi connectivity index (χ0) is 16.7. The molecule has 126 valence electrons. The Kier molecular flexibility index (Phi) is 3.81. The maximum Gasteiger partial charge on any atom is 0.246 e. The lowest BCUT2D eigenvalue weighted by Crippen LogP contribution is -2.60. The number of likely N-dealkylation sites (tertiary alicyclic amines) is 1. The number of amides is 1. The minimum absolute atomic E-state index is 0.0167. The second-order valence-corrected chi connectivity index (χ2v) is 6.74. The Morgan fingerprint density at radius 1 is 1.46 bits per heavy atom. The first-order chi connectivity index (χ1) is 11.7. The number of aromatic amines is 1. The monoisotopic (exact) mass is 325 g/mol. The lowest BCUT2D eigenvalue weighted by molar-refractivity contribution is -0.130. The number of nitrogens with zero attached hydrogens (tertiary/aromatic N) is 2. The van der Waals surface area contributed by atoms with Gasteiger partial charge in [-0.1, -0.05) is 12.6 Å². The minimum Gasteiger partial charge on any atom is -0.381 e. The molecule has 2 aromatic rings. The number of likely N-dealkylation sites (N-methyl/N-ethyl adjacent to an activating group) is 1. The van der Waals surface area contributed by atoms with Crippen molar-refractivity contribution in [1.29, 1.82) is 0 Å². The third kappa shape index (κ3) is 2.49. The van der Waals surface area contributed by atoms with Gasteiger partial charge in [0.05, 0.1) is 12.6 Å². The fourth-order valence-corrected chi connectivity index (χ4v) is 3.67. The lowest BCUT2D eigenvalue weighted by Gasteiger charge is -2.44. The summed E-state index contributed by atoms with van der Waals surface area (Å²) in [5, 5.41) is 1.25. The smallest absolute Gasteiger partial charge is 0.246 e. The maximum absolute atomic E-state index is 11.6. The molecule has 3 heterocycles. The van der Waals surface area contributed by atoms with Gasteiger partial charge >= 0.3 is 0 Å². The first-order valence-corrected chi connectivity index (χ1v) is 8.51. The number of hydrogen-bond donors (Lipinski definition) is 1. The SMILES string of the molecule is C=CC(=O)N1CC(N(C)c2cccc3[nH]c(C4CCOC4)cc23)C1. The molecule has 0 radical (unpaired) electrons. The minimum atomic E-state index is 0.0167. The van der Waals surface area contributed by atoms with Crippen LogP contribution in [0, 0.1) is 0 Å². The third-order valence-electron chi connectivity index (χ3n) is 5.31. The summed E-state index contributed by atoms with van der Waals surface area (Å²) in [5.74, 6) is 0.489. The molecule has 0 aliphatic carbocycles. The molecule has 0 saturated carbocycles. The first-order valence-electron chi connectivity index (χ1n) is 8.51. The Balaban J connectivity index is 1.57. The lowest BCUT2D eigenvalue weighted by atomic mass is 10.0. The van der Waals surface area contributed by atoms with Crippen molar-refractivity contribution in [1.82, 2.24) is 9.88 Å². The Bertz CT molecular complexity index is 770. The second-order valence-electron chi connectivity index (χ2n) is 6.74. The molecule has 0 spiro atoms. The highest BCUT2D eigenvalue weighted by Crippen LogP contribution is 2.33. The van der Waals surface area contributed by atoms with Crippen LogP contribution in [0.2, 0.25) is 0 Å². The van der Waals surface area contributed by atoms with Gasteiger partial charge in [-0.2, -0.15) is 0 Å². The van der Waals surface area contributed by atoms with Gasteiger partial charge in [0, 0.05) is 54.9 Å². The van der Waals surface area contributed by atoms with E-state index in [0.717, 1.165) is 32.7 Å². The van der Waals surface area contributed by atoms with Crippen LogP contribution in [0.1, 0.15) is 18.0 Å². The fraction of sp³-hybridized carbons (Fsp3) is 0.421. The molecule has 1 aromatic heterocycles. The summed E-state index contributed by atoms with van der Waals surface area (Å²) in [6.45, 7) is 6.72. The summed E-state index contributed by atoms with van der Waals surface area (Å²) >= 11 is 0. The van der Waals surface area contributed by atoms with Crippen molar-refractivity contribution in [2.45, 2.75) is 18.4 Å². The number of nitrogens with one attached hydrogen (secondary N) is 1. The van der Waals surface area contributed by atoms with Crippen molar-refractivity contribution < 1.29 is 9.53 Å². The summed E-state index contributed by atoms with van der Waals surface area (Å²) in [4.78, 5) is 19.3. The van der Waals surface area contributed by atoms with Crippen LogP contribution >= 0.6 is 0 Å². The molecule has 5 nitrogen and oxygen atoms in total. The zero-order valence-electron chi connectivity index (χ0n) is 14.0. The van der Waals surface area contributed by atoms with Gasteiger partial charge < -0.3 is 19.5 Å². The van der Waals surface area contributed by atoms with E-state index in [-0.39, 0.29) is 5.91 Å². The quantitative estimate of drug-likeness (QED) is 0.879. The van der Waals surface area contributed by atoms with Gasteiger partial charge in [0.2, 0.25) is 5.91 Å². The summed E-state index contributed by atoms with van der Waals surface area (Å²) < 4.78 is 5.52. The van der Waals surface area contributed by atoms with Crippen LogP contribution in [-0.4, -0.2) is 55.2 Å². The maximum atomic E-state index is 11.6. The van der Waals surface area contributed by atoms with Crippen LogP contribution in [0.15, 0.2) is 36.9 Å². The average Bonchev–Trinajstić information content (AvgIpc) is 3.21. The van der Waals surface area contributed by atoms with Gasteiger partial charge in [-0.05, 0) is 30.7 Å². The highest BCUT2D eigenvalue weighted by atomic mass is 16.5. The van der Waals surface area contributed by atoms with Crippen LogP contribution in [0.5, 0.6) is 0 Å². The molecule has 5 heteroatoms. The molecular weight excluding hydrogens is 302 g/mol. The molecule has 4 rings (SSSR count). The summed E-state index contributed by atoms with van der Waals surface area (Å²) in [6.07, 6.45) is 2.47. The van der Waals surface area contributed by atoms with E-state index in [1.54, 1.807) is 0 Å². The Morgan fingerprint density at radius 3 is 3.00 bits per heavy atom. The molecule has 2 aliphatic rings. The van der Waals surface area contributed by atoms with Crippen molar-refractivity contribution >= 4 is 22.5 Å². The van der Waals surface area contributed by atoms with Gasteiger partial charge in [-0.3, -0.25) is 4.79 Å². The summed E-state index contributed by atoms with van der Waals surface area (Å²) in [5.41, 5.74) is 3.64. The number of ether oxygens (including phenoxy) is 1. The van der Waals surface area contributed by atoms with Gasteiger partial charge in [0.25, 0.3) is 0 Å². The Morgan fingerprint density at radius 2 is 2.29 bits per heavy atom. The fourth-order valence-electron chi connectivity index (χ4n) is 3.67. The van der Waals surface area contributed by atoms with Gasteiger partial charge in [0.15, 0.2) is 0 Å². The standard InChI is InChI=1S/C19H23N3O2/c1-3-19(23)22-10-14(11-22)21(2)18-6-4-5-16-15(18)9-17(20-16)13-7-8-24-12-13/h3-6,9,13-14,20H,1,7-8,10-12H2,2H3. The van der Waals surface area contributed by atoms with Crippen molar-refractivity contribution in [3.63, 3.8) is 0 Å². The molecule has 1 N–H and O–H groups in total. The highest BCUT2D eigenvalue weighted by Gasteiger charge is 2.33. The second kappa shape index (κ2) is 5.98. The van der Waals surface area contributed by atoms with E-state index in [0.29, 0.717) is 12.0 Å². The summed E-state index contributed by atoms with van der Waals surface area (Å²) in [7, 11) is 2.11. The number of carbonyl (C=O) groups is 1. The van der Waals surface area contributed by atoms with Gasteiger partial charge in [0.1, 0.15) is 0 Å². The molecule has 2 aliphatic heterocycles. The van der Waals surface area contributed by atoms with E-state index >= 15 is 0 Å². The number of carbonyl (C=O) groups excluding carboxylic acids is 1. The zero-order valence-corrected chi connectivity index (χ0v) is 14.0. The number of aromatic nitrogens is 1. The predicted molar refractivity (Wildman–Crippen MR) is 95.4 cm³/mol. The molecule has 2 saturated heterocycles. The molecular formula is C19H23N3O2. The Labute approximate surface area is 141 Å². The largest absolute Gasteiger partial charge is 0.381 e. The van der Waals surface area contributed by atoms with Crippen molar-refractivity contribution in [2.75, 3.05) is 38.3 Å². The Hall–Kier alpha value is -2.27. The van der Waals surface area contributed by atoms with E-state index in [1.165, 1.54) is 28.4 Å². The van der Waals surface area contributed by atoms with Crippen LogP contribution < -0.4 is 4.90 Å². The molecule has 1 amide bonds. The van der Waals surface area contributed by atoms with Crippen LogP contribution in [-0.2, 0) is 9.53 Å². The topological polar surface area (TPSA) is 48.6 Å². The van der Waals surface area contributed by atoms with Crippen molar-refractivity contribution in [3.05, 3.63) is 42.6 Å². The molecule has 1 unspecified atom stereocenters. The van der Waals surface area contributed by atoms with Crippen LogP contribution in [0.4, 0.5) is 5.69 Å². The number of fused-ring (bicyclic) bond motifs is 1. The molecule has 24 heavy (non-hydrogen) atoms. The molecule has 1 atom stereocenters. The number of rotatable bonds is 4. The highest BCUT2D eigenvalue weighted by molar-refractivity contribution is 5.93. The number of benzene rings is 1. The van der Waals surface area contributed by atoms with Crippen molar-refractivity contribution in [2.24, 2.45) is 0 Å². The van der Waals surface area contributed by atoms with Crippen LogP contribution in [0.25, 0.3) is 10.9 Å². The number of anilines is 1. The van der Waals surface area contributed by atoms with E-state index in [1.807, 2.05) is 4.90 Å². The molecule has 1 aromatic carbocycles. The number of hydrogen-bond acceptors (Lipinski definition) is 3. The van der Waals surface area contributed by atoms with E-state index in [2.05, 4.69) is 47.8 Å². The van der Waals surface area contributed by atoms with Crippen molar-refractivity contribution in [3.8, 4) is 0 Å². The molecule has 0 bridgehead atoms. The summed E-state index contributed by atoms with van der Waals surface area (Å²) in [6, 6.07) is 8.99. The van der Waals surface area contributed by atoms with Gasteiger partial charge in [-0.15, -0.1) is 0 Å². The first kappa shape index (κ1) is 15.3. The van der Waals surface area contributed by atoms with Gasteiger partial charge in [-0.25, -0.2) is 0 Å². The van der Waals surface area contributed by atoms with E-state index < -0.39 is 0 Å². The third-order valence-corrected chi connectivity index (χ3v) is 5.31. The van der Waals surface area contributed by atoms with E-state index in [9.17, 15) is 4.79 Å². The molecule has 2 fully saturated rings.